The van der Waals surface area contributed by atoms with Gasteiger partial charge >= 0.3 is 0 Å². The van der Waals surface area contributed by atoms with Crippen molar-refractivity contribution in [2.45, 2.75) is 20.3 Å². The zero-order valence-electron chi connectivity index (χ0n) is 15.1. The molecule has 1 N–H and O–H groups in total. The standard InChI is InChI=1S/C18H17BrN4O2S3/c1-10(2)6-15-21-22-17(28-15)20-14(24)9-23-16(25)13(27-18(23)26)8-11-4-3-5-12(19)7-11/h3-5,7-8,10H,6,9H2,1-2H3,(H,20,22,24)/b13-8-. The highest BCUT2D eigenvalue weighted by Gasteiger charge is 2.33. The monoisotopic (exact) mass is 496 g/mol. The maximum Gasteiger partial charge on any atom is 0.266 e. The molecular formula is C18H17BrN4O2S3. The van der Waals surface area contributed by atoms with Crippen LogP contribution in [0.3, 0.4) is 0 Å². The second kappa shape index (κ2) is 9.25. The van der Waals surface area contributed by atoms with Crippen LogP contribution in [0, 0.1) is 5.92 Å². The number of nitrogens with one attached hydrogen (secondary N) is 1. The zero-order valence-corrected chi connectivity index (χ0v) is 19.2. The minimum Gasteiger partial charge on any atom is -0.299 e. The van der Waals surface area contributed by atoms with Crippen LogP contribution in [0.25, 0.3) is 6.08 Å². The van der Waals surface area contributed by atoms with E-state index in [-0.39, 0.29) is 18.4 Å². The number of nitrogens with zero attached hydrogens (tertiary/aromatic N) is 3. The predicted molar refractivity (Wildman–Crippen MR) is 121 cm³/mol. The van der Waals surface area contributed by atoms with Gasteiger partial charge in [0, 0.05) is 10.9 Å². The molecule has 1 aliphatic heterocycles. The minimum atomic E-state index is -0.354. The van der Waals surface area contributed by atoms with Crippen LogP contribution < -0.4 is 5.32 Å². The van der Waals surface area contributed by atoms with Gasteiger partial charge in [0.2, 0.25) is 11.0 Å². The molecule has 0 aliphatic carbocycles. The zero-order chi connectivity index (χ0) is 20.3. The van der Waals surface area contributed by atoms with E-state index in [0.717, 1.165) is 21.5 Å². The third kappa shape index (κ3) is 5.47. The number of anilines is 1. The molecule has 0 radical (unpaired) electrons. The summed E-state index contributed by atoms with van der Waals surface area (Å²) >= 11 is 11.2. The lowest BCUT2D eigenvalue weighted by molar-refractivity contribution is -0.126. The van der Waals surface area contributed by atoms with Crippen molar-refractivity contribution in [1.82, 2.24) is 15.1 Å². The van der Waals surface area contributed by atoms with Gasteiger partial charge in [-0.05, 0) is 29.7 Å². The van der Waals surface area contributed by atoms with Crippen LogP contribution >= 0.6 is 51.2 Å². The molecule has 0 atom stereocenters. The van der Waals surface area contributed by atoms with Crippen molar-refractivity contribution in [2.75, 3.05) is 11.9 Å². The van der Waals surface area contributed by atoms with Gasteiger partial charge in [-0.3, -0.25) is 19.8 Å². The summed E-state index contributed by atoms with van der Waals surface area (Å²) in [5.41, 5.74) is 0.880. The van der Waals surface area contributed by atoms with Crippen LogP contribution in [0.5, 0.6) is 0 Å². The van der Waals surface area contributed by atoms with Gasteiger partial charge in [0.25, 0.3) is 5.91 Å². The molecule has 1 aliphatic rings. The molecule has 3 rings (SSSR count). The van der Waals surface area contributed by atoms with E-state index >= 15 is 0 Å². The second-order valence-corrected chi connectivity index (χ2v) is 10.1. The number of amides is 2. The van der Waals surface area contributed by atoms with Crippen molar-refractivity contribution in [1.29, 1.82) is 0 Å². The van der Waals surface area contributed by atoms with Gasteiger partial charge in [-0.25, -0.2) is 0 Å². The summed E-state index contributed by atoms with van der Waals surface area (Å²) in [4.78, 5) is 26.8. The molecule has 2 amide bonds. The van der Waals surface area contributed by atoms with Crippen molar-refractivity contribution in [3.8, 4) is 0 Å². The predicted octanol–water partition coefficient (Wildman–Crippen LogP) is 4.34. The van der Waals surface area contributed by atoms with E-state index in [9.17, 15) is 9.59 Å². The lowest BCUT2D eigenvalue weighted by Crippen LogP contribution is -2.36. The first kappa shape index (κ1) is 21.1. The molecule has 28 heavy (non-hydrogen) atoms. The summed E-state index contributed by atoms with van der Waals surface area (Å²) in [7, 11) is 0. The summed E-state index contributed by atoms with van der Waals surface area (Å²) < 4.78 is 1.28. The largest absolute Gasteiger partial charge is 0.299 e. The maximum atomic E-state index is 12.7. The van der Waals surface area contributed by atoms with Crippen LogP contribution in [0.4, 0.5) is 5.13 Å². The molecule has 10 heteroatoms. The average Bonchev–Trinajstić information content (AvgIpc) is 3.14. The van der Waals surface area contributed by atoms with Crippen LogP contribution in [-0.4, -0.2) is 37.8 Å². The summed E-state index contributed by atoms with van der Waals surface area (Å²) in [6.07, 6.45) is 2.58. The van der Waals surface area contributed by atoms with Gasteiger partial charge in [0.05, 0.1) is 4.91 Å². The molecular weight excluding hydrogens is 480 g/mol. The first-order valence-corrected chi connectivity index (χ1v) is 11.3. The number of hydrogen-bond donors (Lipinski definition) is 1. The Labute approximate surface area is 184 Å². The second-order valence-electron chi connectivity index (χ2n) is 6.47. The molecule has 0 unspecified atom stereocenters. The lowest BCUT2D eigenvalue weighted by Gasteiger charge is -2.13. The fourth-order valence-corrected chi connectivity index (χ4v) is 5.06. The number of rotatable bonds is 6. The Morgan fingerprint density at radius 1 is 1.39 bits per heavy atom. The third-order valence-electron chi connectivity index (χ3n) is 3.62. The Hall–Kier alpha value is -1.62. The molecule has 1 aromatic carbocycles. The van der Waals surface area contributed by atoms with E-state index < -0.39 is 0 Å². The number of halogens is 1. The summed E-state index contributed by atoms with van der Waals surface area (Å²) in [5, 5.41) is 12.0. The Bertz CT molecular complexity index is 958. The summed E-state index contributed by atoms with van der Waals surface area (Å²) in [5.74, 6) is -0.168. The van der Waals surface area contributed by atoms with Gasteiger partial charge in [0.1, 0.15) is 15.9 Å². The van der Waals surface area contributed by atoms with Crippen molar-refractivity contribution < 1.29 is 9.59 Å². The van der Waals surface area contributed by atoms with Crippen molar-refractivity contribution in [2.24, 2.45) is 5.92 Å². The fraction of sp³-hybridized carbons (Fsp3) is 0.278. The maximum absolute atomic E-state index is 12.7. The first-order chi connectivity index (χ1) is 13.3. The molecule has 1 aromatic heterocycles. The summed E-state index contributed by atoms with van der Waals surface area (Å²) in [6, 6.07) is 7.60. The highest BCUT2D eigenvalue weighted by atomic mass is 79.9. The number of thiocarbonyl (C=S) groups is 1. The third-order valence-corrected chi connectivity index (χ3v) is 6.35. The SMILES string of the molecule is CC(C)Cc1nnc(NC(=O)CN2C(=O)/C(=C/c3cccc(Br)c3)SC2=S)s1. The number of hydrogen-bond acceptors (Lipinski definition) is 7. The van der Waals surface area contributed by atoms with Gasteiger partial charge in [-0.15, -0.1) is 10.2 Å². The van der Waals surface area contributed by atoms with E-state index in [1.54, 1.807) is 6.08 Å². The number of carbonyl (C=O) groups is 2. The van der Waals surface area contributed by atoms with Gasteiger partial charge in [-0.1, -0.05) is 77.2 Å². The van der Waals surface area contributed by atoms with E-state index in [1.165, 1.54) is 28.0 Å². The van der Waals surface area contributed by atoms with Crippen LogP contribution in [0.1, 0.15) is 24.4 Å². The van der Waals surface area contributed by atoms with Crippen LogP contribution in [0.15, 0.2) is 33.6 Å². The van der Waals surface area contributed by atoms with Crippen LogP contribution in [-0.2, 0) is 16.0 Å². The summed E-state index contributed by atoms with van der Waals surface area (Å²) in [6.45, 7) is 4.03. The Balaban J connectivity index is 1.64. The normalized spacial score (nSPS) is 15.7. The molecule has 2 aromatic rings. The van der Waals surface area contributed by atoms with E-state index in [4.69, 9.17) is 12.2 Å². The van der Waals surface area contributed by atoms with Crippen molar-refractivity contribution in [3.63, 3.8) is 0 Å². The number of thioether (sulfide) groups is 1. The molecule has 2 heterocycles. The highest BCUT2D eigenvalue weighted by molar-refractivity contribution is 9.10. The van der Waals surface area contributed by atoms with E-state index in [2.05, 4.69) is 45.3 Å². The van der Waals surface area contributed by atoms with Crippen molar-refractivity contribution in [3.05, 3.63) is 44.2 Å². The van der Waals surface area contributed by atoms with Crippen LogP contribution in [0.2, 0.25) is 0 Å². The number of aromatic nitrogens is 2. The molecule has 1 saturated heterocycles. The number of benzene rings is 1. The minimum absolute atomic E-state index is 0.153. The molecule has 0 saturated carbocycles. The highest BCUT2D eigenvalue weighted by Crippen LogP contribution is 2.32. The quantitative estimate of drug-likeness (QED) is 0.473. The average molecular weight is 497 g/mol. The molecule has 6 nitrogen and oxygen atoms in total. The molecule has 0 bridgehead atoms. The topological polar surface area (TPSA) is 75.2 Å². The smallest absolute Gasteiger partial charge is 0.266 e. The lowest BCUT2D eigenvalue weighted by atomic mass is 10.1. The van der Waals surface area contributed by atoms with E-state index in [0.29, 0.717) is 20.3 Å². The Kier molecular flexibility index (Phi) is 6.97. The number of carbonyl (C=O) groups excluding carboxylic acids is 2. The van der Waals surface area contributed by atoms with E-state index in [1.807, 2.05) is 24.3 Å². The first-order valence-electron chi connectivity index (χ1n) is 8.45. The fourth-order valence-electron chi connectivity index (χ4n) is 2.42. The Morgan fingerprint density at radius 3 is 2.89 bits per heavy atom. The van der Waals surface area contributed by atoms with Gasteiger partial charge < -0.3 is 0 Å². The van der Waals surface area contributed by atoms with Crippen molar-refractivity contribution >= 4 is 78.6 Å². The molecule has 146 valence electrons. The molecule has 0 spiro atoms. The van der Waals surface area contributed by atoms with Gasteiger partial charge in [-0.2, -0.15) is 0 Å². The Morgan fingerprint density at radius 2 is 2.18 bits per heavy atom. The molecule has 1 fully saturated rings. The van der Waals surface area contributed by atoms with Gasteiger partial charge in [0.15, 0.2) is 0 Å².